The molecule has 0 bridgehead atoms. The molecule has 0 aliphatic heterocycles. The van der Waals surface area contributed by atoms with Gasteiger partial charge in [-0.05, 0) is 25.1 Å². The molecular formula is C14H14ClN3O4. The van der Waals surface area contributed by atoms with E-state index >= 15 is 0 Å². The van der Waals surface area contributed by atoms with E-state index in [0.717, 1.165) is 4.57 Å². The lowest BCUT2D eigenvalue weighted by molar-refractivity contribution is -0.143. The Labute approximate surface area is 130 Å². The molecule has 0 fully saturated rings. The number of hydrogen-bond donors (Lipinski definition) is 1. The molecule has 0 radical (unpaired) electrons. The molecule has 0 unspecified atom stereocenters. The Bertz CT molecular complexity index is 772. The molecule has 0 aliphatic carbocycles. The van der Waals surface area contributed by atoms with Gasteiger partial charge in [0.25, 0.3) is 5.56 Å². The van der Waals surface area contributed by atoms with E-state index in [1.165, 1.54) is 12.4 Å². The minimum Gasteiger partial charge on any atom is -0.465 e. The second-order valence-corrected chi connectivity index (χ2v) is 4.86. The number of halogens is 1. The van der Waals surface area contributed by atoms with Crippen LogP contribution < -0.4 is 10.9 Å². The molecule has 1 heterocycles. The van der Waals surface area contributed by atoms with Crippen molar-refractivity contribution in [1.82, 2.24) is 14.9 Å². The smallest absolute Gasteiger partial charge is 0.325 e. The molecule has 1 amide bonds. The predicted molar refractivity (Wildman–Crippen MR) is 80.7 cm³/mol. The summed E-state index contributed by atoms with van der Waals surface area (Å²) >= 11 is 5.86. The summed E-state index contributed by atoms with van der Waals surface area (Å²) in [6.45, 7) is 1.43. The first kappa shape index (κ1) is 16.0. The van der Waals surface area contributed by atoms with Crippen LogP contribution in [0.4, 0.5) is 0 Å². The molecule has 0 aliphatic rings. The fraction of sp³-hybridized carbons (Fsp3) is 0.286. The third kappa shape index (κ3) is 3.82. The van der Waals surface area contributed by atoms with Gasteiger partial charge >= 0.3 is 5.97 Å². The van der Waals surface area contributed by atoms with Crippen LogP contribution in [0.25, 0.3) is 10.9 Å². The van der Waals surface area contributed by atoms with E-state index in [9.17, 15) is 14.4 Å². The number of nitrogens with one attached hydrogen (secondary N) is 1. The summed E-state index contributed by atoms with van der Waals surface area (Å²) in [5, 5.41) is 3.12. The minimum absolute atomic E-state index is 0.240. The van der Waals surface area contributed by atoms with E-state index in [1.807, 2.05) is 0 Å². The first-order valence-corrected chi connectivity index (χ1v) is 6.96. The molecule has 7 nitrogen and oxygen atoms in total. The van der Waals surface area contributed by atoms with Gasteiger partial charge in [0.2, 0.25) is 5.91 Å². The first-order valence-electron chi connectivity index (χ1n) is 6.58. The number of amides is 1. The van der Waals surface area contributed by atoms with E-state index in [-0.39, 0.29) is 25.3 Å². The first-order chi connectivity index (χ1) is 10.5. The summed E-state index contributed by atoms with van der Waals surface area (Å²) in [4.78, 5) is 39.2. The molecular weight excluding hydrogens is 310 g/mol. The van der Waals surface area contributed by atoms with Gasteiger partial charge in [0.1, 0.15) is 13.1 Å². The Morgan fingerprint density at radius 1 is 1.41 bits per heavy atom. The van der Waals surface area contributed by atoms with Crippen LogP contribution >= 0.6 is 11.6 Å². The Morgan fingerprint density at radius 2 is 2.18 bits per heavy atom. The lowest BCUT2D eigenvalue weighted by atomic mass is 10.2. The van der Waals surface area contributed by atoms with Crippen molar-refractivity contribution < 1.29 is 14.3 Å². The lowest BCUT2D eigenvalue weighted by Crippen LogP contribution is -2.35. The molecule has 1 N–H and O–H groups in total. The zero-order chi connectivity index (χ0) is 16.1. The molecule has 1 aromatic carbocycles. The van der Waals surface area contributed by atoms with Gasteiger partial charge in [0, 0.05) is 5.02 Å². The van der Waals surface area contributed by atoms with Crippen molar-refractivity contribution in [2.45, 2.75) is 13.5 Å². The van der Waals surface area contributed by atoms with Gasteiger partial charge in [0.05, 0.1) is 23.8 Å². The molecule has 22 heavy (non-hydrogen) atoms. The standard InChI is InChI=1S/C14H14ClN3O4/c1-2-22-13(20)6-16-12(19)7-18-8-17-11-4-3-9(15)5-10(11)14(18)21/h3-5,8H,2,6-7H2,1H3,(H,16,19). The Balaban J connectivity index is 2.11. The van der Waals surface area contributed by atoms with Crippen molar-refractivity contribution in [2.75, 3.05) is 13.2 Å². The summed E-state index contributed by atoms with van der Waals surface area (Å²) in [5.74, 6) is -1.02. The number of hydrogen-bond acceptors (Lipinski definition) is 5. The van der Waals surface area contributed by atoms with Crippen LogP contribution in [-0.4, -0.2) is 34.6 Å². The maximum Gasteiger partial charge on any atom is 0.325 e. The van der Waals surface area contributed by atoms with Crippen molar-refractivity contribution in [3.8, 4) is 0 Å². The van der Waals surface area contributed by atoms with Crippen LogP contribution in [0.2, 0.25) is 5.02 Å². The minimum atomic E-state index is -0.536. The molecule has 2 aromatic rings. The highest BCUT2D eigenvalue weighted by molar-refractivity contribution is 6.31. The maximum absolute atomic E-state index is 12.2. The number of ether oxygens (including phenoxy) is 1. The second-order valence-electron chi connectivity index (χ2n) is 4.42. The highest BCUT2D eigenvalue weighted by Gasteiger charge is 2.10. The highest BCUT2D eigenvalue weighted by atomic mass is 35.5. The normalized spacial score (nSPS) is 10.5. The molecule has 0 atom stereocenters. The molecule has 1 aromatic heterocycles. The Morgan fingerprint density at radius 3 is 2.91 bits per heavy atom. The van der Waals surface area contributed by atoms with Gasteiger partial charge in [-0.2, -0.15) is 0 Å². The van der Waals surface area contributed by atoms with E-state index in [1.54, 1.807) is 19.1 Å². The van der Waals surface area contributed by atoms with Crippen LogP contribution in [-0.2, 0) is 20.9 Å². The number of carbonyl (C=O) groups is 2. The van der Waals surface area contributed by atoms with Gasteiger partial charge in [0.15, 0.2) is 0 Å². The number of esters is 1. The molecule has 0 spiro atoms. The largest absolute Gasteiger partial charge is 0.465 e. The van der Waals surface area contributed by atoms with E-state index in [2.05, 4.69) is 15.0 Å². The third-order valence-electron chi connectivity index (χ3n) is 2.84. The summed E-state index contributed by atoms with van der Waals surface area (Å²) < 4.78 is 5.84. The fourth-order valence-electron chi connectivity index (χ4n) is 1.84. The molecule has 8 heteroatoms. The number of aromatic nitrogens is 2. The zero-order valence-electron chi connectivity index (χ0n) is 11.8. The van der Waals surface area contributed by atoms with E-state index in [4.69, 9.17) is 11.6 Å². The van der Waals surface area contributed by atoms with Gasteiger partial charge in [-0.3, -0.25) is 19.0 Å². The quantitative estimate of drug-likeness (QED) is 0.819. The monoisotopic (exact) mass is 323 g/mol. The van der Waals surface area contributed by atoms with Crippen molar-refractivity contribution in [3.63, 3.8) is 0 Å². The second kappa shape index (κ2) is 7.04. The summed E-state index contributed by atoms with van der Waals surface area (Å²) in [7, 11) is 0. The van der Waals surface area contributed by atoms with Crippen molar-refractivity contribution in [3.05, 3.63) is 39.9 Å². The number of nitrogens with zero attached hydrogens (tertiary/aromatic N) is 2. The van der Waals surface area contributed by atoms with Crippen LogP contribution in [0.1, 0.15) is 6.92 Å². The predicted octanol–water partition coefficient (Wildman–Crippen LogP) is 0.729. The van der Waals surface area contributed by atoms with Crippen molar-refractivity contribution in [1.29, 1.82) is 0 Å². The summed E-state index contributed by atoms with van der Waals surface area (Å²) in [6, 6.07) is 4.76. The fourth-order valence-corrected chi connectivity index (χ4v) is 2.01. The van der Waals surface area contributed by atoms with Gasteiger partial charge in [-0.15, -0.1) is 0 Å². The summed E-state index contributed by atoms with van der Waals surface area (Å²) in [6.07, 6.45) is 1.28. The van der Waals surface area contributed by atoms with Crippen LogP contribution in [0, 0.1) is 0 Å². The van der Waals surface area contributed by atoms with Gasteiger partial charge in [-0.1, -0.05) is 11.6 Å². The molecule has 116 valence electrons. The van der Waals surface area contributed by atoms with E-state index in [0.29, 0.717) is 15.9 Å². The van der Waals surface area contributed by atoms with Crippen molar-refractivity contribution in [2.24, 2.45) is 0 Å². The molecule has 2 rings (SSSR count). The average molecular weight is 324 g/mol. The van der Waals surface area contributed by atoms with Gasteiger partial charge in [-0.25, -0.2) is 4.98 Å². The maximum atomic E-state index is 12.2. The van der Waals surface area contributed by atoms with Crippen LogP contribution in [0.15, 0.2) is 29.3 Å². The number of benzene rings is 1. The SMILES string of the molecule is CCOC(=O)CNC(=O)Cn1cnc2ccc(Cl)cc2c1=O. The van der Waals surface area contributed by atoms with Crippen LogP contribution in [0.5, 0.6) is 0 Å². The number of fused-ring (bicyclic) bond motifs is 1. The lowest BCUT2D eigenvalue weighted by Gasteiger charge is -2.07. The third-order valence-corrected chi connectivity index (χ3v) is 3.07. The van der Waals surface area contributed by atoms with Crippen LogP contribution in [0.3, 0.4) is 0 Å². The van der Waals surface area contributed by atoms with Gasteiger partial charge < -0.3 is 10.1 Å². The molecule has 0 saturated heterocycles. The Kier molecular flexibility index (Phi) is 5.11. The summed E-state index contributed by atoms with van der Waals surface area (Å²) in [5.41, 5.74) is 0.122. The number of carbonyl (C=O) groups excluding carboxylic acids is 2. The topological polar surface area (TPSA) is 90.3 Å². The Hall–Kier alpha value is -2.41. The number of rotatable bonds is 5. The average Bonchev–Trinajstić information content (AvgIpc) is 2.49. The van der Waals surface area contributed by atoms with Crippen molar-refractivity contribution >= 4 is 34.4 Å². The zero-order valence-corrected chi connectivity index (χ0v) is 12.6. The highest BCUT2D eigenvalue weighted by Crippen LogP contribution is 2.13. The molecule has 0 saturated carbocycles. The van der Waals surface area contributed by atoms with E-state index < -0.39 is 11.9 Å².